The van der Waals surface area contributed by atoms with Crippen molar-refractivity contribution >= 4 is 0 Å². The predicted octanol–water partition coefficient (Wildman–Crippen LogP) is 3.60. The van der Waals surface area contributed by atoms with Crippen LogP contribution in [-0.4, -0.2) is 40.5 Å². The third-order valence-corrected chi connectivity index (χ3v) is 5.52. The van der Waals surface area contributed by atoms with Crippen LogP contribution < -0.4 is 0 Å². The van der Waals surface area contributed by atoms with Crippen LogP contribution in [0.5, 0.6) is 0 Å². The first kappa shape index (κ1) is 17.5. The number of pyridine rings is 1. The predicted molar refractivity (Wildman–Crippen MR) is 92.8 cm³/mol. The number of benzene rings is 1. The van der Waals surface area contributed by atoms with Crippen molar-refractivity contribution in [2.75, 3.05) is 19.6 Å². The van der Waals surface area contributed by atoms with Crippen LogP contribution in [0.15, 0.2) is 36.7 Å². The summed E-state index contributed by atoms with van der Waals surface area (Å²) in [6.07, 6.45) is 5.87. The first-order chi connectivity index (χ1) is 12.6. The van der Waals surface area contributed by atoms with Gasteiger partial charge in [-0.25, -0.2) is 13.2 Å². The normalized spacial score (nSPS) is 24.0. The Morgan fingerprint density at radius 2 is 1.85 bits per heavy atom. The lowest BCUT2D eigenvalue weighted by Crippen LogP contribution is -2.43. The van der Waals surface area contributed by atoms with E-state index in [0.717, 1.165) is 45.1 Å². The fourth-order valence-electron chi connectivity index (χ4n) is 4.26. The molecule has 138 valence electrons. The average Bonchev–Trinajstić information content (AvgIpc) is 2.93. The zero-order valence-electron chi connectivity index (χ0n) is 14.5. The SMILES string of the molecule is Fc1ccc(CN2C[C@H]3CC[C@@H]2CN(Cc2cccnc2)C3)c(F)c1F. The highest BCUT2D eigenvalue weighted by molar-refractivity contribution is 5.20. The minimum Gasteiger partial charge on any atom is -0.297 e. The van der Waals surface area contributed by atoms with Crippen LogP contribution in [-0.2, 0) is 13.1 Å². The summed E-state index contributed by atoms with van der Waals surface area (Å²) in [5, 5.41) is 0. The largest absolute Gasteiger partial charge is 0.297 e. The zero-order chi connectivity index (χ0) is 18.1. The van der Waals surface area contributed by atoms with Crippen LogP contribution in [0.2, 0.25) is 0 Å². The van der Waals surface area contributed by atoms with Crippen molar-refractivity contribution in [2.45, 2.75) is 32.0 Å². The number of aromatic nitrogens is 1. The minimum atomic E-state index is -1.37. The van der Waals surface area contributed by atoms with Crippen LogP contribution in [0.1, 0.15) is 24.0 Å². The molecule has 5 rings (SSSR count). The van der Waals surface area contributed by atoms with E-state index in [4.69, 9.17) is 0 Å². The summed E-state index contributed by atoms with van der Waals surface area (Å²) in [6, 6.07) is 6.70. The molecule has 3 aliphatic heterocycles. The van der Waals surface area contributed by atoms with Crippen molar-refractivity contribution in [1.29, 1.82) is 0 Å². The van der Waals surface area contributed by atoms with Gasteiger partial charge in [0.15, 0.2) is 17.5 Å². The molecule has 1 aromatic carbocycles. The summed E-state index contributed by atoms with van der Waals surface area (Å²) in [5.74, 6) is -3.05. The highest BCUT2D eigenvalue weighted by Crippen LogP contribution is 2.30. The topological polar surface area (TPSA) is 19.4 Å². The molecule has 0 saturated carbocycles. The van der Waals surface area contributed by atoms with Crippen molar-refractivity contribution in [2.24, 2.45) is 5.92 Å². The Morgan fingerprint density at radius 3 is 2.65 bits per heavy atom. The molecule has 3 saturated heterocycles. The van der Waals surface area contributed by atoms with E-state index >= 15 is 0 Å². The second-order valence-corrected chi connectivity index (χ2v) is 7.42. The molecular formula is C20H22F3N3. The smallest absolute Gasteiger partial charge is 0.194 e. The molecule has 0 N–H and O–H groups in total. The maximum atomic E-state index is 14.1. The third kappa shape index (κ3) is 3.62. The van der Waals surface area contributed by atoms with Crippen LogP contribution in [0.3, 0.4) is 0 Å². The lowest BCUT2D eigenvalue weighted by atomic mass is 9.94. The molecule has 2 aromatic rings. The van der Waals surface area contributed by atoms with E-state index < -0.39 is 17.5 Å². The fourth-order valence-corrected chi connectivity index (χ4v) is 4.26. The Hall–Kier alpha value is -1.92. The number of hydrogen-bond acceptors (Lipinski definition) is 3. The van der Waals surface area contributed by atoms with Crippen LogP contribution in [0.25, 0.3) is 0 Å². The number of rotatable bonds is 4. The van der Waals surface area contributed by atoms with Gasteiger partial charge in [0.25, 0.3) is 0 Å². The highest BCUT2D eigenvalue weighted by Gasteiger charge is 2.35. The molecular weight excluding hydrogens is 339 g/mol. The minimum absolute atomic E-state index is 0.232. The second-order valence-electron chi connectivity index (χ2n) is 7.42. The molecule has 0 amide bonds. The van der Waals surface area contributed by atoms with Crippen molar-refractivity contribution in [1.82, 2.24) is 14.8 Å². The van der Waals surface area contributed by atoms with E-state index in [9.17, 15) is 13.2 Å². The fraction of sp³-hybridized carbons (Fsp3) is 0.450. The third-order valence-electron chi connectivity index (χ3n) is 5.52. The van der Waals surface area contributed by atoms with Crippen molar-refractivity contribution in [3.63, 3.8) is 0 Å². The summed E-state index contributed by atoms with van der Waals surface area (Å²) < 4.78 is 40.8. The van der Waals surface area contributed by atoms with E-state index in [1.165, 1.54) is 11.6 Å². The van der Waals surface area contributed by atoms with Gasteiger partial charge in [-0.3, -0.25) is 14.8 Å². The standard InChI is InChI=1S/C20H22F3N3/c21-18-6-4-16(19(22)20(18)23)12-26-11-15-3-5-17(26)13-25(10-15)9-14-2-1-7-24-8-14/h1-2,4,6-8,15,17H,3,5,9-13H2/t15-,17+/m0/s1. The molecule has 0 spiro atoms. The molecule has 3 nitrogen and oxygen atoms in total. The van der Waals surface area contributed by atoms with Crippen molar-refractivity contribution in [3.8, 4) is 0 Å². The summed E-state index contributed by atoms with van der Waals surface area (Å²) in [6.45, 7) is 3.95. The van der Waals surface area contributed by atoms with Gasteiger partial charge in [-0.2, -0.15) is 0 Å². The van der Waals surface area contributed by atoms with Gasteiger partial charge >= 0.3 is 0 Å². The molecule has 2 bridgehead atoms. The molecule has 1 aromatic heterocycles. The molecule has 3 fully saturated rings. The lowest BCUT2D eigenvalue weighted by Gasteiger charge is -2.36. The van der Waals surface area contributed by atoms with E-state index in [2.05, 4.69) is 20.9 Å². The Labute approximate surface area is 151 Å². The Bertz CT molecular complexity index is 768. The van der Waals surface area contributed by atoms with Gasteiger partial charge in [-0.15, -0.1) is 0 Å². The maximum absolute atomic E-state index is 14.1. The second kappa shape index (κ2) is 7.37. The first-order valence-electron chi connectivity index (χ1n) is 9.08. The molecule has 0 radical (unpaired) electrons. The summed E-state index contributed by atoms with van der Waals surface area (Å²) >= 11 is 0. The van der Waals surface area contributed by atoms with E-state index in [0.29, 0.717) is 18.5 Å². The van der Waals surface area contributed by atoms with Gasteiger partial charge in [0.05, 0.1) is 0 Å². The number of hydrogen-bond donors (Lipinski definition) is 0. The van der Waals surface area contributed by atoms with E-state index in [-0.39, 0.29) is 5.56 Å². The first-order valence-corrected chi connectivity index (χ1v) is 9.08. The molecule has 0 aliphatic carbocycles. The van der Waals surface area contributed by atoms with Crippen LogP contribution >= 0.6 is 0 Å². The average molecular weight is 361 g/mol. The monoisotopic (exact) mass is 361 g/mol. The van der Waals surface area contributed by atoms with E-state index in [1.54, 1.807) is 6.20 Å². The molecule has 6 heteroatoms. The Balaban J connectivity index is 1.48. The summed E-state index contributed by atoms with van der Waals surface area (Å²) in [4.78, 5) is 8.84. The Kier molecular flexibility index (Phi) is 4.96. The van der Waals surface area contributed by atoms with Gasteiger partial charge < -0.3 is 0 Å². The van der Waals surface area contributed by atoms with Crippen molar-refractivity contribution < 1.29 is 13.2 Å². The highest BCUT2D eigenvalue weighted by atomic mass is 19.2. The molecule has 4 heterocycles. The molecule has 26 heavy (non-hydrogen) atoms. The van der Waals surface area contributed by atoms with Crippen molar-refractivity contribution in [3.05, 3.63) is 65.2 Å². The quantitative estimate of drug-likeness (QED) is 0.776. The maximum Gasteiger partial charge on any atom is 0.194 e. The zero-order valence-corrected chi connectivity index (χ0v) is 14.5. The van der Waals surface area contributed by atoms with Crippen LogP contribution in [0, 0.1) is 23.4 Å². The number of piperidine rings is 1. The van der Waals surface area contributed by atoms with Gasteiger partial charge in [-0.1, -0.05) is 12.1 Å². The van der Waals surface area contributed by atoms with Gasteiger partial charge in [-0.05, 0) is 36.5 Å². The van der Waals surface area contributed by atoms with E-state index in [1.807, 2.05) is 12.3 Å². The van der Waals surface area contributed by atoms with Gasteiger partial charge in [0, 0.05) is 56.7 Å². The molecule has 2 atom stereocenters. The number of fused-ring (bicyclic) bond motifs is 4. The van der Waals surface area contributed by atoms with Gasteiger partial charge in [0.2, 0.25) is 0 Å². The van der Waals surface area contributed by atoms with Gasteiger partial charge in [0.1, 0.15) is 0 Å². The molecule has 3 aliphatic rings. The molecule has 0 unspecified atom stereocenters. The number of nitrogens with zero attached hydrogens (tertiary/aromatic N) is 3. The Morgan fingerprint density at radius 1 is 0.962 bits per heavy atom. The number of halogens is 3. The lowest BCUT2D eigenvalue weighted by molar-refractivity contribution is 0.121. The summed E-state index contributed by atoms with van der Waals surface area (Å²) in [7, 11) is 0. The van der Waals surface area contributed by atoms with Crippen LogP contribution in [0.4, 0.5) is 13.2 Å². The summed E-state index contributed by atoms with van der Waals surface area (Å²) in [5.41, 5.74) is 1.42.